The molecule has 0 unspecified atom stereocenters. The molecule has 2 aromatic carbocycles. The maximum Gasteiger partial charge on any atom is 0.250 e. The molecule has 0 atom stereocenters. The van der Waals surface area contributed by atoms with E-state index < -0.39 is 0 Å². The molecule has 1 amide bonds. The third kappa shape index (κ3) is 1.88. The molecule has 4 heteroatoms. The lowest BCUT2D eigenvalue weighted by Crippen LogP contribution is -2.36. The molecule has 0 saturated heterocycles. The van der Waals surface area contributed by atoms with Gasteiger partial charge in [0.25, 0.3) is 5.91 Å². The Morgan fingerprint density at radius 2 is 1.94 bits per heavy atom. The highest BCUT2D eigenvalue weighted by molar-refractivity contribution is 9.10. The first-order valence-corrected chi connectivity index (χ1v) is 6.46. The minimum absolute atomic E-state index is 0.0480. The number of anilines is 3. The smallest absolute Gasteiger partial charge is 0.250 e. The normalized spacial score (nSPS) is 14.1. The molecule has 1 aliphatic heterocycles. The van der Waals surface area contributed by atoms with Crippen molar-refractivity contribution in [2.75, 3.05) is 16.8 Å². The summed E-state index contributed by atoms with van der Waals surface area (Å²) in [5.74, 6) is 0.0480. The van der Waals surface area contributed by atoms with E-state index in [0.717, 1.165) is 21.5 Å². The van der Waals surface area contributed by atoms with Gasteiger partial charge < -0.3 is 5.32 Å². The summed E-state index contributed by atoms with van der Waals surface area (Å²) in [6, 6.07) is 15.6. The highest BCUT2D eigenvalue weighted by atomic mass is 79.9. The maximum absolute atomic E-state index is 12.1. The monoisotopic (exact) mass is 302 g/mol. The van der Waals surface area contributed by atoms with E-state index in [1.807, 2.05) is 48.5 Å². The summed E-state index contributed by atoms with van der Waals surface area (Å²) in [6.45, 7) is 0.323. The number of nitrogens with one attached hydrogen (secondary N) is 1. The Hall–Kier alpha value is -1.81. The minimum Gasteiger partial charge on any atom is -0.374 e. The number of carbonyl (C=O) groups excluding carboxylic acids is 1. The van der Waals surface area contributed by atoms with Gasteiger partial charge in [0.05, 0.1) is 23.6 Å². The fourth-order valence-corrected chi connectivity index (χ4v) is 2.49. The Morgan fingerprint density at radius 1 is 1.11 bits per heavy atom. The minimum atomic E-state index is 0.0480. The zero-order valence-corrected chi connectivity index (χ0v) is 11.1. The second-order valence-corrected chi connectivity index (χ2v) is 5.00. The molecule has 1 N–H and O–H groups in total. The van der Waals surface area contributed by atoms with Crippen molar-refractivity contribution in [1.29, 1.82) is 0 Å². The Balaban J connectivity index is 2.13. The van der Waals surface area contributed by atoms with Crippen LogP contribution in [0.5, 0.6) is 0 Å². The number of rotatable bonds is 1. The Morgan fingerprint density at radius 3 is 2.78 bits per heavy atom. The molecule has 1 aliphatic rings. The van der Waals surface area contributed by atoms with Crippen molar-refractivity contribution >= 4 is 38.9 Å². The number of amides is 1. The number of fused-ring (bicyclic) bond motifs is 1. The van der Waals surface area contributed by atoms with Gasteiger partial charge >= 0.3 is 0 Å². The van der Waals surface area contributed by atoms with Crippen molar-refractivity contribution in [1.82, 2.24) is 0 Å². The number of carbonyl (C=O) groups is 1. The zero-order valence-electron chi connectivity index (χ0n) is 9.56. The fourth-order valence-electron chi connectivity index (χ4n) is 2.10. The lowest BCUT2D eigenvalue weighted by Gasteiger charge is -2.30. The molecule has 0 fully saturated rings. The number of para-hydroxylation sites is 2. The number of nitrogens with zero attached hydrogens (tertiary/aromatic N) is 1. The van der Waals surface area contributed by atoms with Crippen molar-refractivity contribution in [3.63, 3.8) is 0 Å². The van der Waals surface area contributed by atoms with E-state index in [9.17, 15) is 4.79 Å². The van der Waals surface area contributed by atoms with Crippen LogP contribution in [-0.4, -0.2) is 12.5 Å². The SMILES string of the molecule is O=C1CNc2ccccc2N1c1cccc(Br)c1. The topological polar surface area (TPSA) is 32.3 Å². The average Bonchev–Trinajstić information content (AvgIpc) is 2.38. The lowest BCUT2D eigenvalue weighted by atomic mass is 10.1. The standard InChI is InChI=1S/C14H11BrN2O/c15-10-4-3-5-11(8-10)17-13-7-2-1-6-12(13)16-9-14(17)18/h1-8,16H,9H2. The van der Waals surface area contributed by atoms with Crippen LogP contribution in [0, 0.1) is 0 Å². The van der Waals surface area contributed by atoms with Gasteiger partial charge in [0.2, 0.25) is 0 Å². The molecule has 0 aromatic heterocycles. The zero-order chi connectivity index (χ0) is 12.5. The predicted octanol–water partition coefficient (Wildman–Crippen LogP) is 3.54. The molecule has 3 rings (SSSR count). The predicted molar refractivity (Wildman–Crippen MR) is 76.2 cm³/mol. The Bertz CT molecular complexity index is 612. The van der Waals surface area contributed by atoms with Crippen LogP contribution >= 0.6 is 15.9 Å². The van der Waals surface area contributed by atoms with Crippen LogP contribution in [0.2, 0.25) is 0 Å². The fraction of sp³-hybridized carbons (Fsp3) is 0.0714. The van der Waals surface area contributed by atoms with Gasteiger partial charge in [-0.05, 0) is 30.3 Å². The second kappa shape index (κ2) is 4.46. The molecule has 3 nitrogen and oxygen atoms in total. The van der Waals surface area contributed by atoms with Crippen LogP contribution < -0.4 is 10.2 Å². The van der Waals surface area contributed by atoms with Crippen LogP contribution in [0.1, 0.15) is 0 Å². The third-order valence-electron chi connectivity index (χ3n) is 2.89. The highest BCUT2D eigenvalue weighted by Gasteiger charge is 2.24. The van der Waals surface area contributed by atoms with Crippen molar-refractivity contribution < 1.29 is 4.79 Å². The molecular weight excluding hydrogens is 292 g/mol. The van der Waals surface area contributed by atoms with E-state index in [4.69, 9.17) is 0 Å². The van der Waals surface area contributed by atoms with Gasteiger partial charge in [-0.3, -0.25) is 9.69 Å². The van der Waals surface area contributed by atoms with Gasteiger partial charge in [0.1, 0.15) is 0 Å². The van der Waals surface area contributed by atoms with E-state index in [1.54, 1.807) is 4.90 Å². The van der Waals surface area contributed by atoms with E-state index in [2.05, 4.69) is 21.2 Å². The summed E-state index contributed by atoms with van der Waals surface area (Å²) in [5.41, 5.74) is 2.76. The van der Waals surface area contributed by atoms with Crippen LogP contribution in [0.3, 0.4) is 0 Å². The van der Waals surface area contributed by atoms with Crippen molar-refractivity contribution in [2.24, 2.45) is 0 Å². The van der Waals surface area contributed by atoms with Crippen LogP contribution in [0.15, 0.2) is 53.0 Å². The van der Waals surface area contributed by atoms with Crippen molar-refractivity contribution in [3.05, 3.63) is 53.0 Å². The molecule has 0 aliphatic carbocycles. The first-order chi connectivity index (χ1) is 8.75. The molecular formula is C14H11BrN2O. The first-order valence-electron chi connectivity index (χ1n) is 5.67. The van der Waals surface area contributed by atoms with E-state index in [0.29, 0.717) is 6.54 Å². The molecule has 90 valence electrons. The van der Waals surface area contributed by atoms with Gasteiger partial charge in [-0.15, -0.1) is 0 Å². The molecule has 1 heterocycles. The summed E-state index contributed by atoms with van der Waals surface area (Å²) < 4.78 is 0.962. The van der Waals surface area contributed by atoms with Crippen molar-refractivity contribution in [3.8, 4) is 0 Å². The maximum atomic E-state index is 12.1. The largest absolute Gasteiger partial charge is 0.374 e. The molecule has 0 spiro atoms. The third-order valence-corrected chi connectivity index (χ3v) is 3.38. The van der Waals surface area contributed by atoms with E-state index >= 15 is 0 Å². The number of hydrogen-bond acceptors (Lipinski definition) is 2. The highest BCUT2D eigenvalue weighted by Crippen LogP contribution is 2.35. The lowest BCUT2D eigenvalue weighted by molar-refractivity contribution is -0.116. The molecule has 2 aromatic rings. The van der Waals surface area contributed by atoms with Gasteiger partial charge in [0.15, 0.2) is 0 Å². The van der Waals surface area contributed by atoms with Crippen LogP contribution in [-0.2, 0) is 4.79 Å². The van der Waals surface area contributed by atoms with Gasteiger partial charge in [0, 0.05) is 4.47 Å². The average molecular weight is 303 g/mol. The molecule has 18 heavy (non-hydrogen) atoms. The van der Waals surface area contributed by atoms with Crippen molar-refractivity contribution in [2.45, 2.75) is 0 Å². The van der Waals surface area contributed by atoms with Gasteiger partial charge in [-0.2, -0.15) is 0 Å². The number of hydrogen-bond donors (Lipinski definition) is 1. The Labute approximate surface area is 114 Å². The quantitative estimate of drug-likeness (QED) is 0.874. The van der Waals surface area contributed by atoms with Crippen LogP contribution in [0.25, 0.3) is 0 Å². The van der Waals surface area contributed by atoms with E-state index in [1.165, 1.54) is 0 Å². The molecule has 0 bridgehead atoms. The summed E-state index contributed by atoms with van der Waals surface area (Å²) in [7, 11) is 0. The number of halogens is 1. The summed E-state index contributed by atoms with van der Waals surface area (Å²) >= 11 is 3.44. The van der Waals surface area contributed by atoms with Gasteiger partial charge in [-0.25, -0.2) is 0 Å². The van der Waals surface area contributed by atoms with Crippen LogP contribution in [0.4, 0.5) is 17.1 Å². The van der Waals surface area contributed by atoms with E-state index in [-0.39, 0.29) is 5.91 Å². The molecule has 0 saturated carbocycles. The molecule has 0 radical (unpaired) electrons. The number of benzene rings is 2. The summed E-state index contributed by atoms with van der Waals surface area (Å²) in [4.78, 5) is 13.9. The van der Waals surface area contributed by atoms with Gasteiger partial charge in [-0.1, -0.05) is 34.1 Å². The Kier molecular flexibility index (Phi) is 2.80. The second-order valence-electron chi connectivity index (χ2n) is 4.08. The first kappa shape index (κ1) is 11.3. The summed E-state index contributed by atoms with van der Waals surface area (Å²) in [6.07, 6.45) is 0. The summed E-state index contributed by atoms with van der Waals surface area (Å²) in [5, 5.41) is 3.12.